The molecule has 1 aromatic rings. The average molecular weight is 490 g/mol. The first-order valence-electron chi connectivity index (χ1n) is 12.3. The van der Waals surface area contributed by atoms with Gasteiger partial charge < -0.3 is 14.9 Å². The summed E-state index contributed by atoms with van der Waals surface area (Å²) in [5.74, 6) is -1.27. The molecule has 1 aliphatic heterocycles. The molecule has 0 bridgehead atoms. The number of ketones is 1. The lowest BCUT2D eigenvalue weighted by Gasteiger charge is -2.36. The van der Waals surface area contributed by atoms with Crippen molar-refractivity contribution in [2.45, 2.75) is 97.9 Å². The molecule has 1 fully saturated rings. The minimum atomic E-state index is -1.11. The van der Waals surface area contributed by atoms with Crippen LogP contribution in [0.5, 0.6) is 0 Å². The lowest BCUT2D eigenvalue weighted by Crippen LogP contribution is -2.44. The van der Waals surface area contributed by atoms with Crippen molar-refractivity contribution < 1.29 is 24.5 Å². The molecule has 0 unspecified atom stereocenters. The number of aryl methyl sites for hydroxylation is 1. The topological polar surface area (TPSA) is 96.7 Å². The molecule has 1 saturated carbocycles. The number of ether oxygens (including phenoxy) is 1. The predicted octanol–water partition coefficient (Wildman–Crippen LogP) is 5.02. The summed E-state index contributed by atoms with van der Waals surface area (Å²) in [6, 6.07) is 0. The van der Waals surface area contributed by atoms with E-state index in [0.29, 0.717) is 19.3 Å². The summed E-state index contributed by atoms with van der Waals surface area (Å²) in [7, 11) is 0. The van der Waals surface area contributed by atoms with Gasteiger partial charge in [0.15, 0.2) is 0 Å². The molecule has 0 saturated heterocycles. The minimum absolute atomic E-state index is 0.146. The Balaban J connectivity index is 1.83. The smallest absolute Gasteiger partial charge is 0.309 e. The molecule has 7 heteroatoms. The summed E-state index contributed by atoms with van der Waals surface area (Å²) in [5.41, 5.74) is 0.344. The van der Waals surface area contributed by atoms with Crippen LogP contribution in [-0.2, 0) is 14.3 Å². The highest BCUT2D eigenvalue weighted by Gasteiger charge is 2.58. The zero-order valence-corrected chi connectivity index (χ0v) is 21.9. The van der Waals surface area contributed by atoms with E-state index in [4.69, 9.17) is 4.74 Å². The van der Waals surface area contributed by atoms with Gasteiger partial charge in [-0.15, -0.1) is 11.3 Å². The first kappa shape index (κ1) is 26.8. The maximum atomic E-state index is 13.3. The van der Waals surface area contributed by atoms with Gasteiger partial charge in [0.05, 0.1) is 34.7 Å². The van der Waals surface area contributed by atoms with Crippen LogP contribution in [0, 0.1) is 23.7 Å². The van der Waals surface area contributed by atoms with Crippen LogP contribution in [0.4, 0.5) is 0 Å². The van der Waals surface area contributed by atoms with Gasteiger partial charge in [-0.2, -0.15) is 0 Å². The van der Waals surface area contributed by atoms with Crippen LogP contribution in [0.1, 0.15) is 83.3 Å². The van der Waals surface area contributed by atoms with Gasteiger partial charge in [-0.1, -0.05) is 32.9 Å². The second-order valence-electron chi connectivity index (χ2n) is 10.7. The maximum absolute atomic E-state index is 13.3. The molecule has 1 aliphatic carbocycles. The van der Waals surface area contributed by atoms with E-state index < -0.39 is 41.0 Å². The molecule has 0 radical (unpaired) electrons. The van der Waals surface area contributed by atoms with Crippen molar-refractivity contribution in [1.82, 2.24) is 4.98 Å². The van der Waals surface area contributed by atoms with Crippen LogP contribution in [0.25, 0.3) is 6.08 Å². The number of aromatic nitrogens is 1. The van der Waals surface area contributed by atoms with Crippen molar-refractivity contribution >= 4 is 29.2 Å². The number of aliphatic hydroxyl groups is 2. The third-order valence-electron chi connectivity index (χ3n) is 7.47. The number of esters is 1. The SMILES string of the molecule is C/C(=C\c1csc(C)n1)[C@@H]1C/C=C\CCCC(C)(C)[C@H](O)[C@@H](C)C(=O)C2(CC2)[C@@H](O)CC(=O)O1. The molecule has 2 aliphatic rings. The number of Topliss-reactive ketones (excluding diaryl/α,β-unsaturated/α-hetero) is 1. The predicted molar refractivity (Wildman–Crippen MR) is 134 cm³/mol. The number of aliphatic hydroxyl groups excluding tert-OH is 2. The normalized spacial score (nSPS) is 31.8. The highest BCUT2D eigenvalue weighted by atomic mass is 32.1. The Morgan fingerprint density at radius 2 is 1.91 bits per heavy atom. The molecule has 2 heterocycles. The van der Waals surface area contributed by atoms with Gasteiger partial charge in [-0.3, -0.25) is 9.59 Å². The van der Waals surface area contributed by atoms with E-state index in [2.05, 4.69) is 11.1 Å². The van der Waals surface area contributed by atoms with Gasteiger partial charge in [-0.05, 0) is 63.0 Å². The molecule has 188 valence electrons. The van der Waals surface area contributed by atoms with Crippen molar-refractivity contribution in [3.05, 3.63) is 33.8 Å². The molecule has 1 aromatic heterocycles. The number of cyclic esters (lactones) is 1. The Bertz CT molecular complexity index is 943. The summed E-state index contributed by atoms with van der Waals surface area (Å²) in [6.45, 7) is 9.60. The monoisotopic (exact) mass is 489 g/mol. The molecule has 3 rings (SSSR count). The number of nitrogens with zero attached hydrogens (tertiary/aromatic N) is 1. The quantitative estimate of drug-likeness (QED) is 0.447. The van der Waals surface area contributed by atoms with Gasteiger partial charge in [0.25, 0.3) is 0 Å². The number of allylic oxidation sites excluding steroid dienone is 1. The second kappa shape index (κ2) is 10.8. The largest absolute Gasteiger partial charge is 0.457 e. The molecule has 2 N–H and O–H groups in total. The minimum Gasteiger partial charge on any atom is -0.457 e. The zero-order valence-electron chi connectivity index (χ0n) is 21.0. The van der Waals surface area contributed by atoms with Crippen LogP contribution in [0.2, 0.25) is 0 Å². The third-order valence-corrected chi connectivity index (χ3v) is 8.26. The number of carbonyl (C=O) groups is 2. The molecule has 6 nitrogen and oxygen atoms in total. The first-order valence-corrected chi connectivity index (χ1v) is 13.2. The van der Waals surface area contributed by atoms with Crippen LogP contribution >= 0.6 is 11.3 Å². The number of hydrogen-bond acceptors (Lipinski definition) is 7. The van der Waals surface area contributed by atoms with Crippen LogP contribution in [-0.4, -0.2) is 45.3 Å². The summed E-state index contributed by atoms with van der Waals surface area (Å²) >= 11 is 1.57. The van der Waals surface area contributed by atoms with Crippen LogP contribution in [0.15, 0.2) is 23.1 Å². The third kappa shape index (κ3) is 6.23. The van der Waals surface area contributed by atoms with Crippen molar-refractivity contribution in [3.8, 4) is 0 Å². The molecule has 34 heavy (non-hydrogen) atoms. The van der Waals surface area contributed by atoms with E-state index in [-0.39, 0.29) is 12.2 Å². The van der Waals surface area contributed by atoms with Gasteiger partial charge >= 0.3 is 5.97 Å². The van der Waals surface area contributed by atoms with E-state index in [1.807, 2.05) is 45.2 Å². The van der Waals surface area contributed by atoms with Crippen LogP contribution < -0.4 is 0 Å². The van der Waals surface area contributed by atoms with Crippen molar-refractivity contribution in [1.29, 1.82) is 0 Å². The average Bonchev–Trinajstić information content (AvgIpc) is 3.49. The number of thiazole rings is 1. The Kier molecular flexibility index (Phi) is 8.53. The summed E-state index contributed by atoms with van der Waals surface area (Å²) in [5, 5.41) is 24.8. The number of rotatable bonds is 2. The van der Waals surface area contributed by atoms with E-state index in [0.717, 1.165) is 35.5 Å². The first-order chi connectivity index (χ1) is 16.0. The van der Waals surface area contributed by atoms with Gasteiger partial charge in [-0.25, -0.2) is 4.98 Å². The Morgan fingerprint density at radius 1 is 1.21 bits per heavy atom. The zero-order chi connectivity index (χ0) is 25.1. The van der Waals surface area contributed by atoms with Crippen LogP contribution in [0.3, 0.4) is 0 Å². The molecule has 4 atom stereocenters. The lowest BCUT2D eigenvalue weighted by molar-refractivity contribution is -0.152. The van der Waals surface area contributed by atoms with E-state index in [9.17, 15) is 19.8 Å². The van der Waals surface area contributed by atoms with E-state index in [1.54, 1.807) is 18.3 Å². The second-order valence-corrected chi connectivity index (χ2v) is 11.8. The summed E-state index contributed by atoms with van der Waals surface area (Å²) in [4.78, 5) is 30.6. The van der Waals surface area contributed by atoms with E-state index in [1.165, 1.54) is 0 Å². The fourth-order valence-corrected chi connectivity index (χ4v) is 5.54. The molecular weight excluding hydrogens is 450 g/mol. The number of carbonyl (C=O) groups excluding carboxylic acids is 2. The Hall–Kier alpha value is -1.83. The molecular formula is C27H39NO5S. The standard InChI is InChI=1S/C27H39NO5S/c1-17(14-20-16-34-19(3)28-20)21-10-8-6-7-9-11-26(4,5)24(31)18(2)25(32)27(12-13-27)22(29)15-23(30)33-21/h6,8,14,16,18,21-22,24,29,31H,7,9-13,15H2,1-5H3/b8-6-,17-14+/t18-,21+,22+,24-/m1/s1. The molecule has 0 amide bonds. The van der Waals surface area contributed by atoms with Crippen molar-refractivity contribution in [3.63, 3.8) is 0 Å². The number of hydrogen-bond donors (Lipinski definition) is 2. The Labute approximate surface area is 207 Å². The van der Waals surface area contributed by atoms with Gasteiger partial charge in [0.1, 0.15) is 11.9 Å². The van der Waals surface area contributed by atoms with Gasteiger partial charge in [0, 0.05) is 17.7 Å². The maximum Gasteiger partial charge on any atom is 0.309 e. The molecule has 1 spiro atoms. The fraction of sp³-hybridized carbons (Fsp3) is 0.667. The highest BCUT2D eigenvalue weighted by Crippen LogP contribution is 2.53. The molecule has 0 aromatic carbocycles. The fourth-order valence-electron chi connectivity index (χ4n) is 4.97. The van der Waals surface area contributed by atoms with Crippen molar-refractivity contribution in [2.24, 2.45) is 16.7 Å². The van der Waals surface area contributed by atoms with E-state index >= 15 is 0 Å². The van der Waals surface area contributed by atoms with Crippen molar-refractivity contribution in [2.75, 3.05) is 0 Å². The lowest BCUT2D eigenvalue weighted by atomic mass is 9.72. The highest BCUT2D eigenvalue weighted by molar-refractivity contribution is 7.09. The summed E-state index contributed by atoms with van der Waals surface area (Å²) in [6.07, 6.45) is 7.53. The van der Waals surface area contributed by atoms with Gasteiger partial charge in [0.2, 0.25) is 0 Å². The summed E-state index contributed by atoms with van der Waals surface area (Å²) < 4.78 is 5.80. The Morgan fingerprint density at radius 3 is 2.53 bits per heavy atom.